The minimum atomic E-state index is -2.81. The highest BCUT2D eigenvalue weighted by molar-refractivity contribution is 5.90. The van der Waals surface area contributed by atoms with Gasteiger partial charge in [0, 0.05) is 17.8 Å². The van der Waals surface area contributed by atoms with Gasteiger partial charge >= 0.3 is 5.97 Å². The summed E-state index contributed by atoms with van der Waals surface area (Å²) in [4.78, 5) is 15.0. The van der Waals surface area contributed by atoms with Crippen LogP contribution >= 0.6 is 0 Å². The molecule has 0 saturated heterocycles. The molecular formula is C10H13F2N3O2. The number of carbonyl (C=O) groups excluding carboxylic acids is 1. The first-order chi connectivity index (χ1) is 8.01. The average molecular weight is 245 g/mol. The van der Waals surface area contributed by atoms with Crippen LogP contribution in [0.25, 0.3) is 0 Å². The fraction of sp³-hybridized carbons (Fsp3) is 0.400. The smallest absolute Gasteiger partial charge is 0.357 e. The molecule has 0 fully saturated rings. The third kappa shape index (κ3) is 2.88. The number of hydrogen-bond acceptors (Lipinski definition) is 5. The Morgan fingerprint density at radius 2 is 2.24 bits per heavy atom. The van der Waals surface area contributed by atoms with Gasteiger partial charge < -0.3 is 16.2 Å². The van der Waals surface area contributed by atoms with E-state index in [9.17, 15) is 13.6 Å². The maximum atomic E-state index is 12.5. The molecule has 1 heterocycles. The highest BCUT2D eigenvalue weighted by atomic mass is 19.3. The van der Waals surface area contributed by atoms with E-state index in [1.165, 1.54) is 0 Å². The standard InChI is InChI=1S/C10H13F2N3O2/c1-2-17-10(16)8-5(4-13)6(14)3-7(15-8)9(11)12/h3,9H,2,4,13H2,1H3,(H2,14,15). The van der Waals surface area contributed by atoms with Gasteiger partial charge in [0.1, 0.15) is 5.69 Å². The predicted octanol–water partition coefficient (Wildman–Crippen LogP) is 1.24. The van der Waals surface area contributed by atoms with E-state index in [0.717, 1.165) is 6.07 Å². The Labute approximate surface area is 96.8 Å². The SMILES string of the molecule is CCOC(=O)c1nc(C(F)F)cc(N)c1CN. The number of anilines is 1. The van der Waals surface area contributed by atoms with Crippen molar-refractivity contribution in [3.8, 4) is 0 Å². The lowest BCUT2D eigenvalue weighted by molar-refractivity contribution is 0.0516. The molecule has 7 heteroatoms. The highest BCUT2D eigenvalue weighted by Crippen LogP contribution is 2.23. The molecule has 0 aromatic carbocycles. The number of ether oxygens (including phenoxy) is 1. The van der Waals surface area contributed by atoms with Gasteiger partial charge in [0.2, 0.25) is 0 Å². The van der Waals surface area contributed by atoms with E-state index >= 15 is 0 Å². The molecule has 0 aliphatic carbocycles. The molecular weight excluding hydrogens is 232 g/mol. The molecule has 0 atom stereocenters. The van der Waals surface area contributed by atoms with Gasteiger partial charge in [-0.3, -0.25) is 0 Å². The maximum Gasteiger partial charge on any atom is 0.357 e. The molecule has 0 unspecified atom stereocenters. The fourth-order valence-corrected chi connectivity index (χ4v) is 1.31. The molecule has 0 bridgehead atoms. The van der Waals surface area contributed by atoms with E-state index in [2.05, 4.69) is 4.98 Å². The summed E-state index contributed by atoms with van der Waals surface area (Å²) in [6.45, 7) is 1.64. The van der Waals surface area contributed by atoms with Gasteiger partial charge in [-0.15, -0.1) is 0 Å². The van der Waals surface area contributed by atoms with Crippen LogP contribution in [0.15, 0.2) is 6.07 Å². The van der Waals surface area contributed by atoms with Crippen LogP contribution < -0.4 is 11.5 Å². The van der Waals surface area contributed by atoms with Crippen LogP contribution in [0, 0.1) is 0 Å². The molecule has 0 radical (unpaired) electrons. The number of aromatic nitrogens is 1. The number of alkyl halides is 2. The van der Waals surface area contributed by atoms with Crippen LogP contribution in [0.3, 0.4) is 0 Å². The van der Waals surface area contributed by atoms with Crippen molar-refractivity contribution in [2.75, 3.05) is 12.3 Å². The van der Waals surface area contributed by atoms with E-state index in [0.29, 0.717) is 0 Å². The zero-order chi connectivity index (χ0) is 13.0. The Hall–Kier alpha value is -1.76. The molecule has 1 rings (SSSR count). The molecule has 1 aromatic heterocycles. The van der Waals surface area contributed by atoms with Gasteiger partial charge in [-0.1, -0.05) is 0 Å². The third-order valence-corrected chi connectivity index (χ3v) is 2.08. The fourth-order valence-electron chi connectivity index (χ4n) is 1.31. The number of carbonyl (C=O) groups is 1. The van der Waals surface area contributed by atoms with Crippen molar-refractivity contribution in [1.82, 2.24) is 4.98 Å². The average Bonchev–Trinajstić information content (AvgIpc) is 2.28. The Morgan fingerprint density at radius 3 is 2.71 bits per heavy atom. The van der Waals surface area contributed by atoms with Gasteiger partial charge in [0.05, 0.1) is 6.61 Å². The van der Waals surface area contributed by atoms with E-state index in [4.69, 9.17) is 16.2 Å². The molecule has 17 heavy (non-hydrogen) atoms. The molecule has 4 N–H and O–H groups in total. The number of rotatable bonds is 4. The van der Waals surface area contributed by atoms with Gasteiger partial charge in [0.25, 0.3) is 6.43 Å². The summed E-state index contributed by atoms with van der Waals surface area (Å²) in [6.07, 6.45) is -2.81. The molecule has 0 amide bonds. The van der Waals surface area contributed by atoms with Gasteiger partial charge in [-0.25, -0.2) is 18.6 Å². The number of halogens is 2. The minimum absolute atomic E-state index is 0.0147. The second-order valence-electron chi connectivity index (χ2n) is 3.19. The van der Waals surface area contributed by atoms with Crippen LogP contribution in [0.2, 0.25) is 0 Å². The summed E-state index contributed by atoms with van der Waals surface area (Å²) in [6, 6.07) is 1.01. The topological polar surface area (TPSA) is 91.2 Å². The van der Waals surface area contributed by atoms with Crippen molar-refractivity contribution < 1.29 is 18.3 Å². The normalized spacial score (nSPS) is 10.6. The van der Waals surface area contributed by atoms with Crippen molar-refractivity contribution in [1.29, 1.82) is 0 Å². The summed E-state index contributed by atoms with van der Waals surface area (Å²) in [5.74, 6) is -0.804. The summed E-state index contributed by atoms with van der Waals surface area (Å²) < 4.78 is 29.7. The lowest BCUT2D eigenvalue weighted by atomic mass is 10.1. The van der Waals surface area contributed by atoms with Crippen LogP contribution in [-0.4, -0.2) is 17.6 Å². The Balaban J connectivity index is 3.28. The third-order valence-electron chi connectivity index (χ3n) is 2.08. The van der Waals surface area contributed by atoms with Crippen molar-refractivity contribution >= 4 is 11.7 Å². The van der Waals surface area contributed by atoms with Crippen LogP contribution in [0.4, 0.5) is 14.5 Å². The first-order valence-electron chi connectivity index (χ1n) is 4.95. The summed E-state index contributed by atoms with van der Waals surface area (Å²) in [5.41, 5.74) is 10.4. The van der Waals surface area contributed by atoms with Crippen LogP contribution in [-0.2, 0) is 11.3 Å². The summed E-state index contributed by atoms with van der Waals surface area (Å²) in [5, 5.41) is 0. The zero-order valence-corrected chi connectivity index (χ0v) is 9.24. The van der Waals surface area contributed by atoms with Crippen molar-refractivity contribution in [3.05, 3.63) is 23.0 Å². The Morgan fingerprint density at radius 1 is 1.59 bits per heavy atom. The molecule has 0 aliphatic heterocycles. The summed E-state index contributed by atoms with van der Waals surface area (Å²) >= 11 is 0. The van der Waals surface area contributed by atoms with Crippen LogP contribution in [0.5, 0.6) is 0 Å². The lowest BCUT2D eigenvalue weighted by Gasteiger charge is -2.11. The van der Waals surface area contributed by atoms with Crippen molar-refractivity contribution in [3.63, 3.8) is 0 Å². The highest BCUT2D eigenvalue weighted by Gasteiger charge is 2.20. The van der Waals surface area contributed by atoms with Crippen molar-refractivity contribution in [2.45, 2.75) is 19.9 Å². The molecule has 5 nitrogen and oxygen atoms in total. The first-order valence-corrected chi connectivity index (χ1v) is 4.95. The number of nitrogens with zero attached hydrogens (tertiary/aromatic N) is 1. The number of nitrogen functional groups attached to an aromatic ring is 1. The number of nitrogens with two attached hydrogens (primary N) is 2. The largest absolute Gasteiger partial charge is 0.461 e. The molecule has 94 valence electrons. The molecule has 1 aromatic rings. The van der Waals surface area contributed by atoms with Crippen LogP contribution in [0.1, 0.15) is 35.1 Å². The Bertz CT molecular complexity index is 424. The zero-order valence-electron chi connectivity index (χ0n) is 9.24. The first kappa shape index (κ1) is 13.3. The molecule has 0 saturated carbocycles. The predicted molar refractivity (Wildman–Crippen MR) is 57.5 cm³/mol. The number of esters is 1. The van der Waals surface area contributed by atoms with Crippen molar-refractivity contribution in [2.24, 2.45) is 5.73 Å². The van der Waals surface area contributed by atoms with E-state index in [1.54, 1.807) is 6.92 Å². The minimum Gasteiger partial charge on any atom is -0.461 e. The number of pyridine rings is 1. The van der Waals surface area contributed by atoms with Gasteiger partial charge in [-0.2, -0.15) is 0 Å². The quantitative estimate of drug-likeness (QED) is 0.778. The second kappa shape index (κ2) is 5.53. The number of hydrogen-bond donors (Lipinski definition) is 2. The van der Waals surface area contributed by atoms with E-state index in [-0.39, 0.29) is 30.1 Å². The summed E-state index contributed by atoms with van der Waals surface area (Å²) in [7, 11) is 0. The van der Waals surface area contributed by atoms with E-state index in [1.807, 2.05) is 0 Å². The maximum absolute atomic E-state index is 12.5. The van der Waals surface area contributed by atoms with E-state index < -0.39 is 18.1 Å². The van der Waals surface area contributed by atoms with Gasteiger partial charge in [0.15, 0.2) is 5.69 Å². The second-order valence-corrected chi connectivity index (χ2v) is 3.19. The Kier molecular flexibility index (Phi) is 4.33. The molecule has 0 aliphatic rings. The lowest BCUT2D eigenvalue weighted by Crippen LogP contribution is -2.16. The monoisotopic (exact) mass is 245 g/mol. The molecule has 0 spiro atoms. The van der Waals surface area contributed by atoms with Gasteiger partial charge in [-0.05, 0) is 13.0 Å².